The summed E-state index contributed by atoms with van der Waals surface area (Å²) in [5, 5.41) is 11.4. The van der Waals surface area contributed by atoms with Crippen molar-refractivity contribution in [2.24, 2.45) is 10.2 Å². The van der Waals surface area contributed by atoms with E-state index in [1.54, 1.807) is 23.4 Å². The minimum Gasteiger partial charge on any atom is -0.463 e. The number of thioether (sulfide) groups is 1. The number of fused-ring (bicyclic) bond motifs is 1. The third-order valence-electron chi connectivity index (χ3n) is 4.92. The highest BCUT2D eigenvalue weighted by Crippen LogP contribution is 2.33. The van der Waals surface area contributed by atoms with Crippen LogP contribution >= 0.6 is 11.8 Å². The Hall–Kier alpha value is -2.86. The second kappa shape index (κ2) is 9.09. The number of carbonyl (C=O) groups excluding carboxylic acids is 1. The Bertz CT molecular complexity index is 1040. The fourth-order valence-electron chi connectivity index (χ4n) is 3.40. The largest absolute Gasteiger partial charge is 0.463 e. The van der Waals surface area contributed by atoms with Gasteiger partial charge in [0.05, 0.1) is 24.3 Å². The van der Waals surface area contributed by atoms with E-state index in [0.717, 1.165) is 30.2 Å². The van der Waals surface area contributed by atoms with Crippen molar-refractivity contribution in [2.45, 2.75) is 38.0 Å². The van der Waals surface area contributed by atoms with Crippen molar-refractivity contribution in [3.05, 3.63) is 72.2 Å². The molecule has 1 saturated heterocycles. The van der Waals surface area contributed by atoms with E-state index in [1.165, 1.54) is 17.1 Å². The van der Waals surface area contributed by atoms with Crippen molar-refractivity contribution in [1.82, 2.24) is 4.90 Å². The maximum absolute atomic E-state index is 13.1. The normalized spacial score (nSPS) is 18.5. The fraction of sp³-hybridized carbons (Fsp3) is 0.261. The number of furan rings is 1. The maximum atomic E-state index is 13.1. The summed E-state index contributed by atoms with van der Waals surface area (Å²) < 4.78 is 5.26. The van der Waals surface area contributed by atoms with Crippen LogP contribution in [0.25, 0.3) is 10.8 Å². The molecule has 2 heterocycles. The molecule has 1 aliphatic rings. The van der Waals surface area contributed by atoms with E-state index in [2.05, 4.69) is 41.4 Å². The maximum Gasteiger partial charge on any atom is 0.242 e. The fourth-order valence-corrected chi connectivity index (χ4v) is 4.55. The highest BCUT2D eigenvalue weighted by molar-refractivity contribution is 8.15. The van der Waals surface area contributed by atoms with E-state index < -0.39 is 0 Å². The van der Waals surface area contributed by atoms with E-state index in [4.69, 9.17) is 4.42 Å². The van der Waals surface area contributed by atoms with Crippen molar-refractivity contribution >= 4 is 39.8 Å². The van der Waals surface area contributed by atoms with E-state index in [1.807, 2.05) is 24.3 Å². The molecule has 1 aromatic heterocycles. The lowest BCUT2D eigenvalue weighted by Gasteiger charge is -2.17. The van der Waals surface area contributed by atoms with E-state index in [-0.39, 0.29) is 11.2 Å². The number of hydrogen-bond acceptors (Lipinski definition) is 5. The van der Waals surface area contributed by atoms with Gasteiger partial charge in [-0.2, -0.15) is 5.10 Å². The van der Waals surface area contributed by atoms with Crippen LogP contribution in [0.5, 0.6) is 0 Å². The number of hydrogen-bond donors (Lipinski definition) is 0. The van der Waals surface area contributed by atoms with Crippen LogP contribution in [0.1, 0.15) is 37.5 Å². The molecule has 1 atom stereocenters. The van der Waals surface area contributed by atoms with Crippen molar-refractivity contribution in [2.75, 3.05) is 0 Å². The molecule has 4 rings (SSSR count). The van der Waals surface area contributed by atoms with Gasteiger partial charge in [0, 0.05) is 0 Å². The first-order valence-electron chi connectivity index (χ1n) is 9.85. The molecule has 5 nitrogen and oxygen atoms in total. The highest BCUT2D eigenvalue weighted by atomic mass is 32.2. The molecular formula is C23H23N3O2S. The van der Waals surface area contributed by atoms with Gasteiger partial charge in [0.2, 0.25) is 5.91 Å². The molecule has 148 valence electrons. The molecule has 2 aromatic carbocycles. The highest BCUT2D eigenvalue weighted by Gasteiger charge is 2.37. The summed E-state index contributed by atoms with van der Waals surface area (Å²) in [6, 6.07) is 18.1. The van der Waals surface area contributed by atoms with Crippen LogP contribution in [0, 0.1) is 0 Å². The summed E-state index contributed by atoms with van der Waals surface area (Å²) in [4.78, 5) is 14.9. The molecule has 0 N–H and O–H groups in total. The topological polar surface area (TPSA) is 58.2 Å². The van der Waals surface area contributed by atoms with Crippen LogP contribution in [0.15, 0.2) is 75.5 Å². The summed E-state index contributed by atoms with van der Waals surface area (Å²) in [6.45, 7) is 2.63. The molecule has 29 heavy (non-hydrogen) atoms. The van der Waals surface area contributed by atoms with Crippen LogP contribution in [0.2, 0.25) is 0 Å². The van der Waals surface area contributed by atoms with Crippen LogP contribution in [0.4, 0.5) is 0 Å². The molecule has 3 aromatic rings. The Morgan fingerprint density at radius 1 is 1.14 bits per heavy atom. The third-order valence-corrected chi connectivity index (χ3v) is 6.15. The molecule has 0 aliphatic carbocycles. The van der Waals surface area contributed by atoms with Gasteiger partial charge in [0.25, 0.3) is 0 Å². The Kier molecular flexibility index (Phi) is 6.10. The lowest BCUT2D eigenvalue weighted by molar-refractivity contribution is -0.126. The number of benzene rings is 2. The average molecular weight is 406 g/mol. The van der Waals surface area contributed by atoms with Gasteiger partial charge in [-0.15, -0.1) is 5.10 Å². The van der Waals surface area contributed by atoms with Gasteiger partial charge >= 0.3 is 0 Å². The number of amidine groups is 1. The molecule has 0 spiro atoms. The second-order valence-corrected chi connectivity index (χ2v) is 8.12. The number of nitrogens with zero attached hydrogens (tertiary/aromatic N) is 3. The Balaban J connectivity index is 1.62. The summed E-state index contributed by atoms with van der Waals surface area (Å²) in [7, 11) is 0. The quantitative estimate of drug-likeness (QED) is 0.387. The molecule has 6 heteroatoms. The van der Waals surface area contributed by atoms with Gasteiger partial charge in [-0.05, 0) is 34.9 Å². The summed E-state index contributed by atoms with van der Waals surface area (Å²) in [6.07, 6.45) is 6.10. The molecule has 1 amide bonds. The van der Waals surface area contributed by atoms with Gasteiger partial charge < -0.3 is 4.42 Å². The van der Waals surface area contributed by atoms with Crippen molar-refractivity contribution in [3.8, 4) is 0 Å². The Morgan fingerprint density at radius 3 is 2.83 bits per heavy atom. The standard InChI is InChI=1S/C23H23N3O2S/c1-2-3-13-21-22(27)26(23(29-21)25-24-15-19-11-7-14-28-19)16-18-10-6-9-17-8-4-5-12-20(17)18/h4-12,14-15,21H,2-3,13,16H2,1H3/b24-15-,25-23+/t21-/m1/s1. The third kappa shape index (κ3) is 4.43. The zero-order valence-electron chi connectivity index (χ0n) is 16.3. The van der Waals surface area contributed by atoms with Crippen LogP contribution < -0.4 is 0 Å². The van der Waals surface area contributed by atoms with E-state index >= 15 is 0 Å². The van der Waals surface area contributed by atoms with Crippen molar-refractivity contribution in [1.29, 1.82) is 0 Å². The predicted octanol–water partition coefficient (Wildman–Crippen LogP) is 5.46. The van der Waals surface area contributed by atoms with Gasteiger partial charge in [0.15, 0.2) is 5.17 Å². The predicted molar refractivity (Wildman–Crippen MR) is 119 cm³/mol. The van der Waals surface area contributed by atoms with Crippen LogP contribution in [-0.2, 0) is 11.3 Å². The molecule has 1 aliphatic heterocycles. The first kappa shape index (κ1) is 19.5. The molecule has 0 bridgehead atoms. The van der Waals surface area contributed by atoms with Crippen molar-refractivity contribution < 1.29 is 9.21 Å². The lowest BCUT2D eigenvalue weighted by atomic mass is 10.0. The number of unbranched alkanes of at least 4 members (excludes halogenated alkanes) is 1. The minimum atomic E-state index is -0.0949. The summed E-state index contributed by atoms with van der Waals surface area (Å²) >= 11 is 1.51. The smallest absolute Gasteiger partial charge is 0.242 e. The van der Waals surface area contributed by atoms with Crippen LogP contribution in [0.3, 0.4) is 0 Å². The lowest BCUT2D eigenvalue weighted by Crippen LogP contribution is -2.31. The molecule has 0 saturated carbocycles. The second-order valence-electron chi connectivity index (χ2n) is 6.95. The van der Waals surface area contributed by atoms with Gasteiger partial charge in [-0.1, -0.05) is 74.0 Å². The average Bonchev–Trinajstić information content (AvgIpc) is 3.36. The minimum absolute atomic E-state index is 0.0949. The number of rotatable bonds is 7. The van der Waals surface area contributed by atoms with E-state index in [0.29, 0.717) is 17.5 Å². The van der Waals surface area contributed by atoms with E-state index in [9.17, 15) is 4.79 Å². The monoisotopic (exact) mass is 405 g/mol. The first-order valence-corrected chi connectivity index (χ1v) is 10.7. The molecule has 0 radical (unpaired) electrons. The summed E-state index contributed by atoms with van der Waals surface area (Å²) in [5.41, 5.74) is 1.11. The first-order chi connectivity index (χ1) is 14.3. The number of carbonyl (C=O) groups is 1. The van der Waals surface area contributed by atoms with Crippen LogP contribution in [-0.4, -0.2) is 27.4 Å². The summed E-state index contributed by atoms with van der Waals surface area (Å²) in [5.74, 6) is 0.746. The van der Waals surface area contributed by atoms with Crippen molar-refractivity contribution in [3.63, 3.8) is 0 Å². The molecule has 0 unspecified atom stereocenters. The zero-order valence-corrected chi connectivity index (χ0v) is 17.1. The Morgan fingerprint density at radius 2 is 2.00 bits per heavy atom. The zero-order chi connectivity index (χ0) is 20.1. The molecular weight excluding hydrogens is 382 g/mol. The molecule has 1 fully saturated rings. The van der Waals surface area contributed by atoms with Gasteiger partial charge in [0.1, 0.15) is 5.76 Å². The van der Waals surface area contributed by atoms with Gasteiger partial charge in [-0.25, -0.2) is 0 Å². The Labute approximate surface area is 174 Å². The SMILES string of the molecule is CCCC[C@H]1S/C(=N/N=C\c2ccco2)N(Cc2cccc3ccccc23)C1=O. The number of amides is 1. The van der Waals surface area contributed by atoms with Gasteiger partial charge in [-0.3, -0.25) is 9.69 Å².